The Morgan fingerprint density at radius 3 is 2.76 bits per heavy atom. The Morgan fingerprint density at radius 2 is 2.18 bits per heavy atom. The molecule has 0 amide bonds. The monoisotopic (exact) mass is 251 g/mol. The first-order valence-electron chi connectivity index (χ1n) is 6.50. The molecule has 17 heavy (non-hydrogen) atoms. The Balaban J connectivity index is 2.04. The highest BCUT2D eigenvalue weighted by Gasteiger charge is 2.34. The van der Waals surface area contributed by atoms with Gasteiger partial charge in [0.2, 0.25) is 0 Å². The molecular weight excluding hydrogens is 230 g/mol. The lowest BCUT2D eigenvalue weighted by atomic mass is 9.86. The van der Waals surface area contributed by atoms with E-state index in [9.17, 15) is 0 Å². The van der Waals surface area contributed by atoms with Gasteiger partial charge in [0.25, 0.3) is 0 Å². The second-order valence-electron chi connectivity index (χ2n) is 5.88. The predicted octanol–water partition coefficient (Wildman–Crippen LogP) is 4.57. The SMILES string of the molecule is C[C@H](NC1CCCC1(C)C)c1cccc(Cl)c1. The van der Waals surface area contributed by atoms with Gasteiger partial charge < -0.3 is 5.32 Å². The second kappa shape index (κ2) is 4.99. The Hall–Kier alpha value is -0.530. The fourth-order valence-electron chi connectivity index (χ4n) is 2.81. The van der Waals surface area contributed by atoms with E-state index in [0.717, 1.165) is 5.02 Å². The number of nitrogens with one attached hydrogen (secondary N) is 1. The molecule has 1 aliphatic rings. The summed E-state index contributed by atoms with van der Waals surface area (Å²) in [6, 6.07) is 9.15. The fourth-order valence-corrected chi connectivity index (χ4v) is 3.01. The highest BCUT2D eigenvalue weighted by atomic mass is 35.5. The molecule has 0 aromatic heterocycles. The van der Waals surface area contributed by atoms with Crippen LogP contribution in [0.15, 0.2) is 24.3 Å². The van der Waals surface area contributed by atoms with Crippen molar-refractivity contribution in [2.24, 2.45) is 5.41 Å². The molecule has 0 saturated heterocycles. The van der Waals surface area contributed by atoms with E-state index in [-0.39, 0.29) is 0 Å². The summed E-state index contributed by atoms with van der Waals surface area (Å²) in [6.45, 7) is 6.95. The van der Waals surface area contributed by atoms with Crippen LogP contribution < -0.4 is 5.32 Å². The molecule has 1 saturated carbocycles. The molecule has 1 fully saturated rings. The standard InChI is InChI=1S/C15H22ClN/c1-11(12-6-4-7-13(16)10-12)17-14-8-5-9-15(14,2)3/h4,6-7,10-11,14,17H,5,8-9H2,1-3H3/t11-,14?/m0/s1. The number of halogens is 1. The summed E-state index contributed by atoms with van der Waals surface area (Å²) in [6.07, 6.45) is 3.96. The smallest absolute Gasteiger partial charge is 0.0409 e. The topological polar surface area (TPSA) is 12.0 Å². The maximum Gasteiger partial charge on any atom is 0.0409 e. The Morgan fingerprint density at radius 1 is 1.41 bits per heavy atom. The van der Waals surface area contributed by atoms with Gasteiger partial charge in [-0.25, -0.2) is 0 Å². The zero-order chi connectivity index (χ0) is 12.5. The van der Waals surface area contributed by atoms with Gasteiger partial charge in [0, 0.05) is 17.1 Å². The van der Waals surface area contributed by atoms with Crippen LogP contribution in [0.3, 0.4) is 0 Å². The molecule has 0 spiro atoms. The Kier molecular flexibility index (Phi) is 3.79. The lowest BCUT2D eigenvalue weighted by Gasteiger charge is -2.31. The van der Waals surface area contributed by atoms with Crippen LogP contribution in [0.4, 0.5) is 0 Å². The van der Waals surface area contributed by atoms with E-state index in [0.29, 0.717) is 17.5 Å². The van der Waals surface area contributed by atoms with Crippen molar-refractivity contribution < 1.29 is 0 Å². The van der Waals surface area contributed by atoms with E-state index in [4.69, 9.17) is 11.6 Å². The minimum atomic E-state index is 0.371. The molecular formula is C15H22ClN. The van der Waals surface area contributed by atoms with E-state index in [1.54, 1.807) is 0 Å². The Bertz CT molecular complexity index is 386. The van der Waals surface area contributed by atoms with Crippen LogP contribution in [0.1, 0.15) is 51.6 Å². The van der Waals surface area contributed by atoms with Gasteiger partial charge in [0.1, 0.15) is 0 Å². The first kappa shape index (κ1) is 12.9. The first-order chi connectivity index (χ1) is 7.99. The van der Waals surface area contributed by atoms with Crippen molar-refractivity contribution in [2.75, 3.05) is 0 Å². The molecule has 1 aromatic carbocycles. The highest BCUT2D eigenvalue weighted by Crippen LogP contribution is 2.38. The van der Waals surface area contributed by atoms with Crippen LogP contribution in [0.25, 0.3) is 0 Å². The van der Waals surface area contributed by atoms with Crippen LogP contribution in [0.5, 0.6) is 0 Å². The molecule has 1 unspecified atom stereocenters. The second-order valence-corrected chi connectivity index (χ2v) is 6.31. The number of hydrogen-bond donors (Lipinski definition) is 1. The van der Waals surface area contributed by atoms with Crippen molar-refractivity contribution >= 4 is 11.6 Å². The van der Waals surface area contributed by atoms with Crippen molar-refractivity contribution in [3.8, 4) is 0 Å². The summed E-state index contributed by atoms with van der Waals surface area (Å²) in [5, 5.41) is 4.58. The normalized spacial score (nSPS) is 24.8. The van der Waals surface area contributed by atoms with Crippen molar-refractivity contribution in [2.45, 2.75) is 52.1 Å². The van der Waals surface area contributed by atoms with Gasteiger partial charge in [-0.3, -0.25) is 0 Å². The van der Waals surface area contributed by atoms with Gasteiger partial charge in [0.05, 0.1) is 0 Å². The molecule has 0 radical (unpaired) electrons. The van der Waals surface area contributed by atoms with Crippen molar-refractivity contribution in [1.82, 2.24) is 5.32 Å². The van der Waals surface area contributed by atoms with E-state index >= 15 is 0 Å². The first-order valence-corrected chi connectivity index (χ1v) is 6.88. The van der Waals surface area contributed by atoms with Crippen molar-refractivity contribution in [1.29, 1.82) is 0 Å². The predicted molar refractivity (Wildman–Crippen MR) is 74.4 cm³/mol. The molecule has 1 nitrogen and oxygen atoms in total. The van der Waals surface area contributed by atoms with Gasteiger partial charge in [-0.2, -0.15) is 0 Å². The third-order valence-corrected chi connectivity index (χ3v) is 4.29. The number of rotatable bonds is 3. The maximum atomic E-state index is 6.03. The molecule has 2 rings (SSSR count). The van der Waals surface area contributed by atoms with Gasteiger partial charge in [-0.1, -0.05) is 44.0 Å². The summed E-state index contributed by atoms with van der Waals surface area (Å²) < 4.78 is 0. The zero-order valence-corrected chi connectivity index (χ0v) is 11.7. The highest BCUT2D eigenvalue weighted by molar-refractivity contribution is 6.30. The third-order valence-electron chi connectivity index (χ3n) is 4.06. The molecule has 0 bridgehead atoms. The molecule has 1 aliphatic carbocycles. The van der Waals surface area contributed by atoms with Crippen LogP contribution in [0.2, 0.25) is 5.02 Å². The van der Waals surface area contributed by atoms with Crippen LogP contribution >= 0.6 is 11.6 Å². The fraction of sp³-hybridized carbons (Fsp3) is 0.600. The minimum Gasteiger partial charge on any atom is -0.307 e. The zero-order valence-electron chi connectivity index (χ0n) is 11.0. The van der Waals surface area contributed by atoms with E-state index < -0.39 is 0 Å². The van der Waals surface area contributed by atoms with E-state index in [1.807, 2.05) is 12.1 Å². The van der Waals surface area contributed by atoms with Crippen LogP contribution in [-0.4, -0.2) is 6.04 Å². The van der Waals surface area contributed by atoms with Gasteiger partial charge >= 0.3 is 0 Å². The average molecular weight is 252 g/mol. The maximum absolute atomic E-state index is 6.03. The lowest BCUT2D eigenvalue weighted by molar-refractivity contribution is 0.266. The molecule has 2 heteroatoms. The molecule has 2 atom stereocenters. The molecule has 1 aromatic rings. The number of hydrogen-bond acceptors (Lipinski definition) is 1. The minimum absolute atomic E-state index is 0.371. The lowest BCUT2D eigenvalue weighted by Crippen LogP contribution is -2.39. The van der Waals surface area contributed by atoms with Crippen LogP contribution in [-0.2, 0) is 0 Å². The van der Waals surface area contributed by atoms with E-state index in [2.05, 4.69) is 38.2 Å². The molecule has 1 N–H and O–H groups in total. The molecule has 94 valence electrons. The number of benzene rings is 1. The summed E-state index contributed by atoms with van der Waals surface area (Å²) in [5.74, 6) is 0. The summed E-state index contributed by atoms with van der Waals surface area (Å²) >= 11 is 6.03. The largest absolute Gasteiger partial charge is 0.307 e. The van der Waals surface area contributed by atoms with Crippen molar-refractivity contribution in [3.63, 3.8) is 0 Å². The van der Waals surface area contributed by atoms with Crippen molar-refractivity contribution in [3.05, 3.63) is 34.9 Å². The van der Waals surface area contributed by atoms with E-state index in [1.165, 1.54) is 24.8 Å². The summed E-state index contributed by atoms with van der Waals surface area (Å²) in [5.41, 5.74) is 1.70. The van der Waals surface area contributed by atoms with Crippen LogP contribution in [0, 0.1) is 5.41 Å². The van der Waals surface area contributed by atoms with Gasteiger partial charge in [-0.15, -0.1) is 0 Å². The molecule has 0 heterocycles. The van der Waals surface area contributed by atoms with Gasteiger partial charge in [0.15, 0.2) is 0 Å². The Labute approximate surface area is 110 Å². The van der Waals surface area contributed by atoms with Gasteiger partial charge in [-0.05, 0) is 42.9 Å². The third kappa shape index (κ3) is 3.02. The summed E-state index contributed by atoms with van der Waals surface area (Å²) in [4.78, 5) is 0. The molecule has 0 aliphatic heterocycles. The quantitative estimate of drug-likeness (QED) is 0.830. The summed E-state index contributed by atoms with van der Waals surface area (Å²) in [7, 11) is 0. The average Bonchev–Trinajstić information content (AvgIpc) is 2.58.